The molecule has 0 atom stereocenters. The molecule has 0 unspecified atom stereocenters. The number of aromatic nitrogens is 4. The van der Waals surface area contributed by atoms with E-state index in [0.29, 0.717) is 22.2 Å². The molecule has 6 nitrogen and oxygen atoms in total. The summed E-state index contributed by atoms with van der Waals surface area (Å²) in [4.78, 5) is 8.18. The van der Waals surface area contributed by atoms with Crippen LogP contribution >= 0.6 is 15.9 Å². The third-order valence-corrected chi connectivity index (χ3v) is 2.36. The van der Waals surface area contributed by atoms with E-state index in [9.17, 15) is 0 Å². The van der Waals surface area contributed by atoms with E-state index >= 15 is 0 Å². The van der Waals surface area contributed by atoms with Crippen LogP contribution < -0.4 is 10.1 Å². The van der Waals surface area contributed by atoms with E-state index in [0.717, 1.165) is 5.69 Å². The Morgan fingerprint density at radius 2 is 2.31 bits per heavy atom. The van der Waals surface area contributed by atoms with Crippen LogP contribution in [0, 0.1) is 6.92 Å². The number of rotatable bonds is 3. The van der Waals surface area contributed by atoms with Crippen molar-refractivity contribution in [2.45, 2.75) is 6.92 Å². The lowest BCUT2D eigenvalue weighted by atomic mass is 10.5. The van der Waals surface area contributed by atoms with Crippen LogP contribution in [-0.2, 0) is 0 Å². The molecule has 2 rings (SSSR count). The van der Waals surface area contributed by atoms with Gasteiger partial charge in [0, 0.05) is 18.8 Å². The Labute approximate surface area is 101 Å². The van der Waals surface area contributed by atoms with Gasteiger partial charge < -0.3 is 10.1 Å². The van der Waals surface area contributed by atoms with Crippen LogP contribution in [0.2, 0.25) is 0 Å². The highest BCUT2D eigenvalue weighted by atomic mass is 79.9. The Bertz CT molecular complexity index is 498. The number of aromatic amines is 1. The first-order valence-corrected chi connectivity index (χ1v) is 5.38. The fourth-order valence-corrected chi connectivity index (χ4v) is 1.36. The lowest BCUT2D eigenvalue weighted by Gasteiger charge is -2.04. The molecule has 2 heterocycles. The van der Waals surface area contributed by atoms with Crippen molar-refractivity contribution >= 4 is 21.9 Å². The molecule has 0 aliphatic rings. The van der Waals surface area contributed by atoms with Gasteiger partial charge in [-0.2, -0.15) is 4.98 Å². The summed E-state index contributed by atoms with van der Waals surface area (Å²) in [5, 5.41) is 9.58. The highest BCUT2D eigenvalue weighted by Gasteiger charge is 2.08. The van der Waals surface area contributed by atoms with Crippen molar-refractivity contribution in [1.82, 2.24) is 20.2 Å². The Balaban J connectivity index is 2.26. The lowest BCUT2D eigenvalue weighted by molar-refractivity contribution is 0.440. The van der Waals surface area contributed by atoms with Gasteiger partial charge in [-0.3, -0.25) is 5.10 Å². The van der Waals surface area contributed by atoms with Gasteiger partial charge in [0.2, 0.25) is 17.7 Å². The quantitative estimate of drug-likeness (QED) is 0.902. The standard InChI is InChI=1S/C9H10BrN5O/c1-5-3-7(15-14-5)16-8-6(10)4-12-9(11-2)13-8/h3-4H,1-2H3,(H,14,15)(H,11,12,13). The van der Waals surface area contributed by atoms with Gasteiger partial charge in [-0.05, 0) is 22.9 Å². The van der Waals surface area contributed by atoms with Crippen LogP contribution in [0.4, 0.5) is 5.95 Å². The second-order valence-corrected chi connectivity index (χ2v) is 3.94. The highest BCUT2D eigenvalue weighted by Crippen LogP contribution is 2.26. The summed E-state index contributed by atoms with van der Waals surface area (Å²) < 4.78 is 6.17. The molecule has 0 fully saturated rings. The van der Waals surface area contributed by atoms with Crippen LogP contribution in [0.3, 0.4) is 0 Å². The number of halogens is 1. The molecule has 7 heteroatoms. The number of ether oxygens (including phenoxy) is 1. The van der Waals surface area contributed by atoms with Crippen molar-refractivity contribution < 1.29 is 4.74 Å². The number of anilines is 1. The Hall–Kier alpha value is -1.63. The Kier molecular flexibility index (Phi) is 3.04. The van der Waals surface area contributed by atoms with Gasteiger partial charge in [0.25, 0.3) is 0 Å². The maximum Gasteiger partial charge on any atom is 0.240 e. The molecule has 2 aromatic rings. The summed E-state index contributed by atoms with van der Waals surface area (Å²) in [6, 6.07) is 1.79. The van der Waals surface area contributed by atoms with Gasteiger partial charge in [-0.25, -0.2) is 4.98 Å². The SMILES string of the molecule is CNc1ncc(Br)c(Oc2cc(C)[nH]n2)n1. The predicted molar refractivity (Wildman–Crippen MR) is 62.7 cm³/mol. The van der Waals surface area contributed by atoms with Crippen molar-refractivity contribution in [1.29, 1.82) is 0 Å². The van der Waals surface area contributed by atoms with Crippen LogP contribution in [0.15, 0.2) is 16.7 Å². The molecular formula is C9H10BrN5O. The maximum absolute atomic E-state index is 5.49. The van der Waals surface area contributed by atoms with E-state index in [-0.39, 0.29) is 0 Å². The minimum atomic E-state index is 0.422. The molecule has 2 aromatic heterocycles. The molecular weight excluding hydrogens is 274 g/mol. The summed E-state index contributed by atoms with van der Waals surface area (Å²) in [6.45, 7) is 1.90. The van der Waals surface area contributed by atoms with Crippen LogP contribution in [0.25, 0.3) is 0 Å². The molecule has 16 heavy (non-hydrogen) atoms. The number of H-pyrrole nitrogens is 1. The van der Waals surface area contributed by atoms with Crippen molar-refractivity contribution in [3.8, 4) is 11.8 Å². The first-order chi connectivity index (χ1) is 7.69. The number of nitrogens with one attached hydrogen (secondary N) is 2. The van der Waals surface area contributed by atoms with Gasteiger partial charge in [0.1, 0.15) is 0 Å². The molecule has 0 saturated carbocycles. The minimum Gasteiger partial charge on any atom is -0.418 e. The van der Waals surface area contributed by atoms with Crippen molar-refractivity contribution in [2.75, 3.05) is 12.4 Å². The van der Waals surface area contributed by atoms with Gasteiger partial charge >= 0.3 is 0 Å². The van der Waals surface area contributed by atoms with E-state index in [1.807, 2.05) is 6.92 Å². The van der Waals surface area contributed by atoms with E-state index in [1.54, 1.807) is 19.3 Å². The Morgan fingerprint density at radius 3 is 2.94 bits per heavy atom. The van der Waals surface area contributed by atoms with E-state index in [1.165, 1.54) is 0 Å². The predicted octanol–water partition coefficient (Wildman–Crippen LogP) is 2.10. The lowest BCUT2D eigenvalue weighted by Crippen LogP contribution is -1.98. The van der Waals surface area contributed by atoms with E-state index in [4.69, 9.17) is 4.74 Å². The van der Waals surface area contributed by atoms with Gasteiger partial charge in [0.05, 0.1) is 10.7 Å². The second kappa shape index (κ2) is 4.48. The van der Waals surface area contributed by atoms with Gasteiger partial charge in [-0.1, -0.05) is 0 Å². The number of hydrogen-bond donors (Lipinski definition) is 2. The normalized spacial score (nSPS) is 10.2. The van der Waals surface area contributed by atoms with Crippen molar-refractivity contribution in [3.63, 3.8) is 0 Å². The molecule has 0 bridgehead atoms. The van der Waals surface area contributed by atoms with Gasteiger partial charge in [0.15, 0.2) is 0 Å². The zero-order valence-electron chi connectivity index (χ0n) is 8.78. The van der Waals surface area contributed by atoms with Gasteiger partial charge in [-0.15, -0.1) is 5.10 Å². The number of aryl methyl sites for hydroxylation is 1. The number of hydrogen-bond acceptors (Lipinski definition) is 5. The third kappa shape index (κ3) is 2.30. The van der Waals surface area contributed by atoms with Crippen LogP contribution in [0.1, 0.15) is 5.69 Å². The maximum atomic E-state index is 5.49. The van der Waals surface area contributed by atoms with Crippen LogP contribution in [-0.4, -0.2) is 27.2 Å². The molecule has 0 spiro atoms. The fraction of sp³-hybridized carbons (Fsp3) is 0.222. The summed E-state index contributed by atoms with van der Waals surface area (Å²) in [7, 11) is 1.74. The van der Waals surface area contributed by atoms with Crippen molar-refractivity contribution in [3.05, 3.63) is 22.4 Å². The summed E-state index contributed by atoms with van der Waals surface area (Å²) >= 11 is 3.31. The summed E-state index contributed by atoms with van der Waals surface area (Å²) in [5.74, 6) is 1.38. The van der Waals surface area contributed by atoms with Crippen molar-refractivity contribution in [2.24, 2.45) is 0 Å². The first-order valence-electron chi connectivity index (χ1n) is 4.59. The minimum absolute atomic E-state index is 0.422. The average molecular weight is 284 g/mol. The zero-order valence-corrected chi connectivity index (χ0v) is 10.4. The molecule has 0 aliphatic carbocycles. The molecule has 2 N–H and O–H groups in total. The molecule has 84 valence electrons. The highest BCUT2D eigenvalue weighted by molar-refractivity contribution is 9.10. The van der Waals surface area contributed by atoms with Crippen LogP contribution in [0.5, 0.6) is 11.8 Å². The Morgan fingerprint density at radius 1 is 1.50 bits per heavy atom. The summed E-state index contributed by atoms with van der Waals surface area (Å²) in [5.41, 5.74) is 0.925. The largest absolute Gasteiger partial charge is 0.418 e. The average Bonchev–Trinajstić information content (AvgIpc) is 2.67. The summed E-state index contributed by atoms with van der Waals surface area (Å²) in [6.07, 6.45) is 1.62. The van der Waals surface area contributed by atoms with E-state index in [2.05, 4.69) is 41.4 Å². The monoisotopic (exact) mass is 283 g/mol. The molecule has 0 radical (unpaired) electrons. The third-order valence-electron chi connectivity index (χ3n) is 1.82. The topological polar surface area (TPSA) is 75.7 Å². The molecule has 0 aliphatic heterocycles. The zero-order chi connectivity index (χ0) is 11.5. The smallest absolute Gasteiger partial charge is 0.240 e. The van der Waals surface area contributed by atoms with E-state index < -0.39 is 0 Å². The fourth-order valence-electron chi connectivity index (χ4n) is 1.09. The number of nitrogens with zero attached hydrogens (tertiary/aromatic N) is 3. The second-order valence-electron chi connectivity index (χ2n) is 3.09. The molecule has 0 amide bonds. The molecule has 0 aromatic carbocycles. The first kappa shape index (κ1) is 10.9. The molecule has 0 saturated heterocycles.